The molecule has 0 bridgehead atoms. The van der Waals surface area contributed by atoms with E-state index in [2.05, 4.69) is 10.3 Å². The second-order valence-electron chi connectivity index (χ2n) is 3.60. The average molecular weight is 244 g/mol. The molecule has 5 nitrogen and oxygen atoms in total. The van der Waals surface area contributed by atoms with Gasteiger partial charge in [-0.25, -0.2) is 0 Å². The van der Waals surface area contributed by atoms with Crippen molar-refractivity contribution in [3.8, 4) is 5.75 Å². The number of amides is 1. The van der Waals surface area contributed by atoms with Gasteiger partial charge < -0.3 is 15.0 Å². The van der Waals surface area contributed by atoms with Crippen LogP contribution < -0.4 is 15.5 Å². The van der Waals surface area contributed by atoms with Crippen molar-refractivity contribution in [1.29, 1.82) is 0 Å². The molecule has 18 heavy (non-hydrogen) atoms. The van der Waals surface area contributed by atoms with Crippen molar-refractivity contribution in [1.82, 2.24) is 4.98 Å². The molecule has 2 aromatic rings. The summed E-state index contributed by atoms with van der Waals surface area (Å²) >= 11 is 0. The first-order chi connectivity index (χ1) is 8.70. The minimum absolute atomic E-state index is 0.172. The number of nitrogens with one attached hydrogen (secondary N) is 2. The van der Waals surface area contributed by atoms with Crippen LogP contribution in [0.4, 0.5) is 5.69 Å². The topological polar surface area (TPSA) is 71.2 Å². The number of benzene rings is 1. The van der Waals surface area contributed by atoms with Gasteiger partial charge in [0.25, 0.3) is 5.91 Å². The van der Waals surface area contributed by atoms with Crippen LogP contribution >= 0.6 is 0 Å². The second-order valence-corrected chi connectivity index (χ2v) is 3.60. The number of para-hydroxylation sites is 1. The van der Waals surface area contributed by atoms with Gasteiger partial charge >= 0.3 is 0 Å². The van der Waals surface area contributed by atoms with Gasteiger partial charge in [-0.05, 0) is 12.1 Å². The molecule has 0 aliphatic rings. The molecule has 1 amide bonds. The van der Waals surface area contributed by atoms with E-state index in [-0.39, 0.29) is 22.8 Å². The number of H-pyrrole nitrogens is 1. The number of aromatic nitrogens is 1. The molecule has 1 heterocycles. The molecule has 0 saturated carbocycles. The smallest absolute Gasteiger partial charge is 0.272 e. The fourth-order valence-electron chi connectivity index (χ4n) is 1.47. The van der Waals surface area contributed by atoms with Crippen LogP contribution in [0, 0.1) is 0 Å². The SMILES string of the molecule is COc1c[nH]c(C(=O)Nc2ccccc2)cc1=O. The Morgan fingerprint density at radius 2 is 2.00 bits per heavy atom. The van der Waals surface area contributed by atoms with Crippen LogP contribution in [-0.4, -0.2) is 18.0 Å². The largest absolute Gasteiger partial charge is 0.491 e. The highest BCUT2D eigenvalue weighted by Gasteiger charge is 2.09. The number of hydrogen-bond donors (Lipinski definition) is 2. The Morgan fingerprint density at radius 1 is 1.28 bits per heavy atom. The van der Waals surface area contributed by atoms with E-state index in [9.17, 15) is 9.59 Å². The summed E-state index contributed by atoms with van der Waals surface area (Å²) in [6.07, 6.45) is 1.36. The molecule has 2 rings (SSSR count). The van der Waals surface area contributed by atoms with Crippen LogP contribution in [0.1, 0.15) is 10.5 Å². The summed E-state index contributed by atoms with van der Waals surface area (Å²) in [6, 6.07) is 10.2. The molecule has 0 unspecified atom stereocenters. The first-order valence-corrected chi connectivity index (χ1v) is 5.34. The van der Waals surface area contributed by atoms with E-state index >= 15 is 0 Å². The number of aromatic amines is 1. The quantitative estimate of drug-likeness (QED) is 0.862. The van der Waals surface area contributed by atoms with Gasteiger partial charge in [0.15, 0.2) is 5.75 Å². The number of anilines is 1. The Labute approximate surface area is 103 Å². The van der Waals surface area contributed by atoms with Gasteiger partial charge in [0.05, 0.1) is 7.11 Å². The van der Waals surface area contributed by atoms with E-state index in [1.54, 1.807) is 12.1 Å². The standard InChI is InChI=1S/C13H12N2O3/c1-18-12-8-14-10(7-11(12)16)13(17)15-9-5-3-2-4-6-9/h2-8H,1H3,(H,14,16)(H,15,17). The highest BCUT2D eigenvalue weighted by Crippen LogP contribution is 2.07. The third kappa shape index (κ3) is 2.57. The number of carbonyl (C=O) groups is 1. The van der Waals surface area contributed by atoms with Gasteiger partial charge in [-0.2, -0.15) is 0 Å². The van der Waals surface area contributed by atoms with Crippen molar-refractivity contribution in [2.24, 2.45) is 0 Å². The van der Waals surface area contributed by atoms with Crippen molar-refractivity contribution in [2.45, 2.75) is 0 Å². The van der Waals surface area contributed by atoms with Gasteiger partial charge in [-0.15, -0.1) is 0 Å². The molecule has 0 spiro atoms. The zero-order chi connectivity index (χ0) is 13.0. The number of methoxy groups -OCH3 is 1. The predicted molar refractivity (Wildman–Crippen MR) is 68.0 cm³/mol. The molecule has 5 heteroatoms. The molecule has 0 radical (unpaired) electrons. The summed E-state index contributed by atoms with van der Waals surface area (Å²) in [7, 11) is 1.40. The Kier molecular flexibility index (Phi) is 3.43. The molecular weight excluding hydrogens is 232 g/mol. The number of ether oxygens (including phenoxy) is 1. The lowest BCUT2D eigenvalue weighted by Crippen LogP contribution is -2.17. The third-order valence-electron chi connectivity index (χ3n) is 2.37. The van der Waals surface area contributed by atoms with E-state index in [1.165, 1.54) is 19.4 Å². The van der Waals surface area contributed by atoms with Crippen LogP contribution in [0.2, 0.25) is 0 Å². The van der Waals surface area contributed by atoms with E-state index in [0.29, 0.717) is 5.69 Å². The van der Waals surface area contributed by atoms with Gasteiger partial charge in [-0.3, -0.25) is 9.59 Å². The summed E-state index contributed by atoms with van der Waals surface area (Å²) in [5.41, 5.74) is 0.512. The lowest BCUT2D eigenvalue weighted by Gasteiger charge is -2.05. The lowest BCUT2D eigenvalue weighted by atomic mass is 10.3. The van der Waals surface area contributed by atoms with Gasteiger partial charge in [0.1, 0.15) is 5.69 Å². The molecule has 1 aromatic heterocycles. The number of pyridine rings is 1. The normalized spacial score (nSPS) is 9.83. The van der Waals surface area contributed by atoms with E-state index in [4.69, 9.17) is 4.74 Å². The minimum atomic E-state index is -0.374. The summed E-state index contributed by atoms with van der Waals surface area (Å²) < 4.78 is 4.82. The summed E-state index contributed by atoms with van der Waals surface area (Å²) in [5.74, 6) is -0.202. The van der Waals surface area contributed by atoms with Gasteiger partial charge in [0, 0.05) is 18.0 Å². The van der Waals surface area contributed by atoms with Crippen LogP contribution in [0.5, 0.6) is 5.75 Å². The second kappa shape index (κ2) is 5.18. The van der Waals surface area contributed by atoms with Crippen LogP contribution in [0.25, 0.3) is 0 Å². The number of rotatable bonds is 3. The molecule has 0 atom stereocenters. The Bertz CT molecular complexity index is 605. The highest BCUT2D eigenvalue weighted by molar-refractivity contribution is 6.02. The first-order valence-electron chi connectivity index (χ1n) is 5.34. The van der Waals surface area contributed by atoms with Crippen LogP contribution in [0.15, 0.2) is 47.4 Å². The average Bonchev–Trinajstić information content (AvgIpc) is 2.39. The molecule has 2 N–H and O–H groups in total. The van der Waals surface area contributed by atoms with Crippen LogP contribution in [-0.2, 0) is 0 Å². The van der Waals surface area contributed by atoms with E-state index < -0.39 is 0 Å². The van der Waals surface area contributed by atoms with Crippen molar-refractivity contribution in [3.63, 3.8) is 0 Å². The van der Waals surface area contributed by atoms with Crippen molar-refractivity contribution >= 4 is 11.6 Å². The summed E-state index contributed by atoms with van der Waals surface area (Å²) in [5, 5.41) is 2.67. The Morgan fingerprint density at radius 3 is 2.61 bits per heavy atom. The predicted octanol–water partition coefficient (Wildman–Crippen LogP) is 1.64. The summed E-state index contributed by atoms with van der Waals surface area (Å²) in [4.78, 5) is 26.1. The zero-order valence-corrected chi connectivity index (χ0v) is 9.77. The monoisotopic (exact) mass is 244 g/mol. The molecule has 0 aliphatic carbocycles. The first kappa shape index (κ1) is 11.9. The van der Waals surface area contributed by atoms with Crippen molar-refractivity contribution in [3.05, 3.63) is 58.5 Å². The molecule has 0 saturated heterocycles. The number of carbonyl (C=O) groups excluding carboxylic acids is 1. The maximum absolute atomic E-state index is 11.8. The van der Waals surface area contributed by atoms with E-state index in [1.807, 2.05) is 18.2 Å². The fourth-order valence-corrected chi connectivity index (χ4v) is 1.47. The van der Waals surface area contributed by atoms with Gasteiger partial charge in [0.2, 0.25) is 5.43 Å². The highest BCUT2D eigenvalue weighted by atomic mass is 16.5. The van der Waals surface area contributed by atoms with Gasteiger partial charge in [-0.1, -0.05) is 18.2 Å². The third-order valence-corrected chi connectivity index (χ3v) is 2.37. The van der Waals surface area contributed by atoms with Crippen LogP contribution in [0.3, 0.4) is 0 Å². The molecule has 1 aromatic carbocycles. The van der Waals surface area contributed by atoms with E-state index in [0.717, 1.165) is 0 Å². The Hall–Kier alpha value is -2.56. The maximum atomic E-state index is 11.8. The minimum Gasteiger partial charge on any atom is -0.491 e. The maximum Gasteiger partial charge on any atom is 0.272 e. The molecule has 92 valence electrons. The molecule has 0 fully saturated rings. The fraction of sp³-hybridized carbons (Fsp3) is 0.0769. The Balaban J connectivity index is 2.20. The summed E-state index contributed by atoms with van der Waals surface area (Å²) in [6.45, 7) is 0. The van der Waals surface area contributed by atoms with Crippen molar-refractivity contribution in [2.75, 3.05) is 12.4 Å². The molecule has 0 aliphatic heterocycles. The zero-order valence-electron chi connectivity index (χ0n) is 9.77. The van der Waals surface area contributed by atoms with Crippen molar-refractivity contribution < 1.29 is 9.53 Å². The lowest BCUT2D eigenvalue weighted by molar-refractivity contribution is 0.102. The number of hydrogen-bond acceptors (Lipinski definition) is 3. The molecular formula is C13H12N2O3.